The van der Waals surface area contributed by atoms with Crippen LogP contribution in [0.15, 0.2) is 40.4 Å². The Kier molecular flexibility index (Phi) is 3.26. The van der Waals surface area contributed by atoms with Crippen molar-refractivity contribution in [2.45, 2.75) is 17.0 Å². The van der Waals surface area contributed by atoms with Crippen LogP contribution in [-0.4, -0.2) is 15.1 Å². The summed E-state index contributed by atoms with van der Waals surface area (Å²) in [6, 6.07) is 10.4. The first kappa shape index (κ1) is 11.4. The van der Waals surface area contributed by atoms with Crippen LogP contribution >= 0.6 is 11.8 Å². The summed E-state index contributed by atoms with van der Waals surface area (Å²) in [7, 11) is 0. The predicted octanol–water partition coefficient (Wildman–Crippen LogP) is 2.51. The van der Waals surface area contributed by atoms with Crippen molar-refractivity contribution in [3.8, 4) is 11.8 Å². The highest BCUT2D eigenvalue weighted by atomic mass is 32.2. The third-order valence-electron chi connectivity index (χ3n) is 1.98. The monoisotopic (exact) mass is 243 g/mol. The van der Waals surface area contributed by atoms with Gasteiger partial charge >= 0.3 is 0 Å². The Balaban J connectivity index is 2.30. The molecule has 0 saturated heterocycles. The van der Waals surface area contributed by atoms with Crippen molar-refractivity contribution >= 4 is 11.8 Å². The Bertz CT molecular complexity index is 593. The van der Waals surface area contributed by atoms with Crippen LogP contribution in [0.5, 0.6) is 5.75 Å². The summed E-state index contributed by atoms with van der Waals surface area (Å²) in [6.07, 6.45) is 0. The molecule has 0 aliphatic carbocycles. The van der Waals surface area contributed by atoms with Gasteiger partial charge in [-0.15, -0.1) is 0 Å². The maximum Gasteiger partial charge on any atom is 0.193 e. The molecule has 84 valence electrons. The lowest BCUT2D eigenvalue weighted by atomic mass is 10.3. The van der Waals surface area contributed by atoms with E-state index < -0.39 is 0 Å². The molecular weight excluding hydrogens is 234 g/mol. The van der Waals surface area contributed by atoms with Crippen LogP contribution in [0.1, 0.15) is 11.4 Å². The van der Waals surface area contributed by atoms with E-state index >= 15 is 0 Å². The molecule has 4 nitrogen and oxygen atoms in total. The van der Waals surface area contributed by atoms with Crippen molar-refractivity contribution in [2.75, 3.05) is 0 Å². The number of nitriles is 1. The molecule has 0 radical (unpaired) electrons. The lowest BCUT2D eigenvalue weighted by Gasteiger charge is -2.02. The molecule has 5 heteroatoms. The van der Waals surface area contributed by atoms with Gasteiger partial charge in [-0.3, -0.25) is 0 Å². The minimum atomic E-state index is 0.197. The van der Waals surface area contributed by atoms with E-state index in [0.717, 1.165) is 10.6 Å². The van der Waals surface area contributed by atoms with Gasteiger partial charge in [0.2, 0.25) is 0 Å². The Morgan fingerprint density at radius 3 is 2.82 bits per heavy atom. The molecule has 1 heterocycles. The summed E-state index contributed by atoms with van der Waals surface area (Å²) in [4.78, 5) is 9.14. The van der Waals surface area contributed by atoms with Crippen molar-refractivity contribution in [1.29, 1.82) is 5.26 Å². The lowest BCUT2D eigenvalue weighted by Crippen LogP contribution is -1.93. The van der Waals surface area contributed by atoms with Gasteiger partial charge in [-0.1, -0.05) is 6.07 Å². The highest BCUT2D eigenvalue weighted by Gasteiger charge is 2.04. The summed E-state index contributed by atoms with van der Waals surface area (Å²) in [5.41, 5.74) is 1.10. The smallest absolute Gasteiger partial charge is 0.193 e. The van der Waals surface area contributed by atoms with E-state index in [1.54, 1.807) is 24.3 Å². The molecule has 0 spiro atoms. The van der Waals surface area contributed by atoms with Crippen LogP contribution in [0.4, 0.5) is 0 Å². The molecule has 0 atom stereocenters. The molecule has 0 amide bonds. The molecule has 1 aromatic heterocycles. The fourth-order valence-corrected chi connectivity index (χ4v) is 2.17. The van der Waals surface area contributed by atoms with E-state index in [-0.39, 0.29) is 5.75 Å². The zero-order valence-corrected chi connectivity index (χ0v) is 9.90. The standard InChI is InChI=1S/C12H9N3OS/c1-8-5-9(7-13)15-12(14-8)17-11-4-2-3-10(16)6-11/h2-6,16H,1H3. The first-order chi connectivity index (χ1) is 8.17. The molecule has 0 unspecified atom stereocenters. The van der Waals surface area contributed by atoms with Gasteiger partial charge in [-0.25, -0.2) is 9.97 Å². The Morgan fingerprint density at radius 1 is 1.29 bits per heavy atom. The van der Waals surface area contributed by atoms with Crippen molar-refractivity contribution in [1.82, 2.24) is 9.97 Å². The first-order valence-corrected chi connectivity index (χ1v) is 5.72. The second-order valence-corrected chi connectivity index (χ2v) is 4.43. The maximum atomic E-state index is 9.34. The zero-order chi connectivity index (χ0) is 12.3. The summed E-state index contributed by atoms with van der Waals surface area (Å²) >= 11 is 1.31. The van der Waals surface area contributed by atoms with Crippen molar-refractivity contribution in [2.24, 2.45) is 0 Å². The summed E-state index contributed by atoms with van der Waals surface area (Å²) in [5, 5.41) is 18.7. The lowest BCUT2D eigenvalue weighted by molar-refractivity contribution is 0.474. The average molecular weight is 243 g/mol. The van der Waals surface area contributed by atoms with Crippen molar-refractivity contribution in [3.63, 3.8) is 0 Å². The number of phenols is 1. The van der Waals surface area contributed by atoms with Crippen LogP contribution < -0.4 is 0 Å². The van der Waals surface area contributed by atoms with Gasteiger partial charge in [0.25, 0.3) is 0 Å². The van der Waals surface area contributed by atoms with E-state index in [0.29, 0.717) is 10.9 Å². The van der Waals surface area contributed by atoms with Crippen LogP contribution in [0.3, 0.4) is 0 Å². The quantitative estimate of drug-likeness (QED) is 0.821. The zero-order valence-electron chi connectivity index (χ0n) is 9.08. The number of benzene rings is 1. The van der Waals surface area contributed by atoms with E-state index in [4.69, 9.17) is 5.26 Å². The molecule has 0 bridgehead atoms. The maximum absolute atomic E-state index is 9.34. The minimum absolute atomic E-state index is 0.197. The number of phenolic OH excluding ortho intramolecular Hbond substituents is 1. The van der Waals surface area contributed by atoms with Crippen LogP contribution in [0, 0.1) is 18.3 Å². The molecule has 0 saturated carbocycles. The van der Waals surface area contributed by atoms with Gasteiger partial charge in [-0.05, 0) is 43.0 Å². The first-order valence-electron chi connectivity index (χ1n) is 4.90. The number of aromatic hydroxyl groups is 1. The van der Waals surface area contributed by atoms with Crippen molar-refractivity contribution in [3.05, 3.63) is 41.7 Å². The van der Waals surface area contributed by atoms with E-state index in [2.05, 4.69) is 9.97 Å². The predicted molar refractivity (Wildman–Crippen MR) is 63.7 cm³/mol. The van der Waals surface area contributed by atoms with Gasteiger partial charge in [0.1, 0.15) is 17.5 Å². The number of aryl methyl sites for hydroxylation is 1. The highest BCUT2D eigenvalue weighted by Crippen LogP contribution is 2.27. The van der Waals surface area contributed by atoms with Crippen molar-refractivity contribution < 1.29 is 5.11 Å². The number of hydrogen-bond acceptors (Lipinski definition) is 5. The molecule has 1 aromatic carbocycles. The van der Waals surface area contributed by atoms with E-state index in [9.17, 15) is 5.11 Å². The number of aromatic nitrogens is 2. The molecule has 1 N–H and O–H groups in total. The fourth-order valence-electron chi connectivity index (χ4n) is 1.30. The Labute approximate surface area is 103 Å². The average Bonchev–Trinajstić information content (AvgIpc) is 2.28. The number of hydrogen-bond donors (Lipinski definition) is 1. The third kappa shape index (κ3) is 2.95. The minimum Gasteiger partial charge on any atom is -0.508 e. The molecular formula is C12H9N3OS. The van der Waals surface area contributed by atoms with Crippen LogP contribution in [0.2, 0.25) is 0 Å². The van der Waals surface area contributed by atoms with E-state index in [1.165, 1.54) is 11.8 Å². The second-order valence-electron chi connectivity index (χ2n) is 3.39. The fraction of sp³-hybridized carbons (Fsp3) is 0.0833. The number of rotatable bonds is 2. The Hall–Kier alpha value is -2.06. The topological polar surface area (TPSA) is 69.8 Å². The summed E-state index contributed by atoms with van der Waals surface area (Å²) < 4.78 is 0. The van der Waals surface area contributed by atoms with Crippen LogP contribution in [0.25, 0.3) is 0 Å². The Morgan fingerprint density at radius 2 is 2.12 bits per heavy atom. The molecule has 0 aliphatic heterocycles. The van der Waals surface area contributed by atoms with Gasteiger partial charge in [0.05, 0.1) is 0 Å². The summed E-state index contributed by atoms with van der Waals surface area (Å²) in [6.45, 7) is 1.81. The third-order valence-corrected chi connectivity index (χ3v) is 2.83. The van der Waals surface area contributed by atoms with Gasteiger partial charge in [0, 0.05) is 10.6 Å². The summed E-state index contributed by atoms with van der Waals surface area (Å²) in [5.74, 6) is 0.197. The van der Waals surface area contributed by atoms with E-state index in [1.807, 2.05) is 19.1 Å². The van der Waals surface area contributed by atoms with Gasteiger partial charge < -0.3 is 5.11 Å². The highest BCUT2D eigenvalue weighted by molar-refractivity contribution is 7.99. The second kappa shape index (κ2) is 4.85. The SMILES string of the molecule is Cc1cc(C#N)nc(Sc2cccc(O)c2)n1. The molecule has 2 rings (SSSR count). The largest absolute Gasteiger partial charge is 0.508 e. The number of nitrogens with zero attached hydrogens (tertiary/aromatic N) is 3. The van der Waals surface area contributed by atoms with Gasteiger partial charge in [0.15, 0.2) is 5.16 Å². The molecule has 17 heavy (non-hydrogen) atoms. The normalized spacial score (nSPS) is 9.88. The molecule has 2 aromatic rings. The molecule has 0 fully saturated rings. The van der Waals surface area contributed by atoms with Crippen LogP contribution in [-0.2, 0) is 0 Å². The molecule has 0 aliphatic rings. The van der Waals surface area contributed by atoms with Gasteiger partial charge in [-0.2, -0.15) is 5.26 Å².